The van der Waals surface area contributed by atoms with Gasteiger partial charge in [-0.25, -0.2) is 4.98 Å². The minimum atomic E-state index is -4.33. The van der Waals surface area contributed by atoms with Crippen molar-refractivity contribution in [1.29, 1.82) is 0 Å². The lowest BCUT2D eigenvalue weighted by Gasteiger charge is -2.36. The van der Waals surface area contributed by atoms with Gasteiger partial charge in [-0.3, -0.25) is 4.90 Å². The quantitative estimate of drug-likeness (QED) is 0.670. The van der Waals surface area contributed by atoms with Crippen LogP contribution >= 0.6 is 0 Å². The lowest BCUT2D eigenvalue weighted by atomic mass is 10.0. The van der Waals surface area contributed by atoms with Gasteiger partial charge in [0, 0.05) is 31.7 Å². The highest BCUT2D eigenvalue weighted by Crippen LogP contribution is 2.44. The Morgan fingerprint density at radius 1 is 0.968 bits per heavy atom. The summed E-state index contributed by atoms with van der Waals surface area (Å²) in [5, 5.41) is 0. The van der Waals surface area contributed by atoms with Crippen LogP contribution in [0.1, 0.15) is 48.7 Å². The minimum absolute atomic E-state index is 0.0240. The van der Waals surface area contributed by atoms with E-state index in [2.05, 4.69) is 14.8 Å². The van der Waals surface area contributed by atoms with Crippen molar-refractivity contribution in [1.82, 2.24) is 19.4 Å². The van der Waals surface area contributed by atoms with E-state index >= 15 is 0 Å². The summed E-state index contributed by atoms with van der Waals surface area (Å²) < 4.78 is 46.7. The van der Waals surface area contributed by atoms with Crippen LogP contribution in [0.4, 0.5) is 13.2 Å². The van der Waals surface area contributed by atoms with Crippen molar-refractivity contribution in [2.24, 2.45) is 7.05 Å². The smallest absolute Gasteiger partial charge is 0.346 e. The van der Waals surface area contributed by atoms with Crippen LogP contribution in [0.2, 0.25) is 0 Å². The molecular formula is C23H29F3N4O. The molecule has 3 aliphatic rings. The molecule has 2 unspecified atom stereocenters. The van der Waals surface area contributed by atoms with Crippen LogP contribution in [0.3, 0.4) is 0 Å². The van der Waals surface area contributed by atoms with Crippen LogP contribution in [0, 0.1) is 6.92 Å². The Balaban J connectivity index is 1.26. The molecule has 0 N–H and O–H groups in total. The fourth-order valence-electron chi connectivity index (χ4n) is 5.31. The van der Waals surface area contributed by atoms with Gasteiger partial charge in [-0.15, -0.1) is 0 Å². The minimum Gasteiger partial charge on any atom is -0.346 e. The van der Waals surface area contributed by atoms with E-state index in [-0.39, 0.29) is 12.3 Å². The van der Waals surface area contributed by atoms with Gasteiger partial charge in [0.15, 0.2) is 0 Å². The number of hydrogen-bond acceptors (Lipinski definition) is 4. The maximum atomic E-state index is 12.9. The molecule has 1 aromatic carbocycles. The number of halogens is 3. The van der Waals surface area contributed by atoms with Crippen LogP contribution in [0.15, 0.2) is 24.3 Å². The lowest BCUT2D eigenvalue weighted by Crippen LogP contribution is -2.44. The van der Waals surface area contributed by atoms with E-state index in [1.807, 2.05) is 18.5 Å². The first-order chi connectivity index (χ1) is 14.8. The molecule has 0 spiro atoms. The number of hydrogen-bond donors (Lipinski definition) is 0. The van der Waals surface area contributed by atoms with Crippen LogP contribution in [-0.2, 0) is 18.0 Å². The number of piperidine rings is 1. The Morgan fingerprint density at radius 2 is 1.61 bits per heavy atom. The zero-order valence-electron chi connectivity index (χ0n) is 18.0. The largest absolute Gasteiger partial charge is 0.416 e. The van der Waals surface area contributed by atoms with E-state index in [4.69, 9.17) is 4.74 Å². The summed E-state index contributed by atoms with van der Waals surface area (Å²) in [6, 6.07) is 5.91. The van der Waals surface area contributed by atoms with E-state index in [1.165, 1.54) is 50.9 Å². The van der Waals surface area contributed by atoms with Gasteiger partial charge in [-0.1, -0.05) is 12.1 Å². The number of imidazole rings is 1. The van der Waals surface area contributed by atoms with E-state index in [0.29, 0.717) is 17.4 Å². The molecule has 0 aliphatic carbocycles. The molecule has 0 radical (unpaired) electrons. The molecule has 3 saturated heterocycles. The van der Waals surface area contributed by atoms with E-state index in [0.717, 1.165) is 36.6 Å². The molecule has 0 saturated carbocycles. The summed E-state index contributed by atoms with van der Waals surface area (Å²) in [5.74, 6) is 0.670. The predicted molar refractivity (Wildman–Crippen MR) is 111 cm³/mol. The Hall–Kier alpha value is -1.90. The summed E-state index contributed by atoms with van der Waals surface area (Å²) in [7, 11) is 1.92. The SMILES string of the molecule is Cc1nc(-c2ccc(C(F)(F)F)cc2)n(C)c1C1OC1N1CCC(N2CCCC2)CC1. The molecule has 0 amide bonds. The van der Waals surface area contributed by atoms with Crippen molar-refractivity contribution in [3.8, 4) is 11.4 Å². The first-order valence-corrected chi connectivity index (χ1v) is 11.2. The Kier molecular flexibility index (Phi) is 5.35. The Morgan fingerprint density at radius 3 is 2.23 bits per heavy atom. The number of epoxide rings is 1. The third-order valence-electron chi connectivity index (χ3n) is 7.05. The van der Waals surface area contributed by atoms with Crippen molar-refractivity contribution < 1.29 is 17.9 Å². The average Bonchev–Trinajstić information content (AvgIpc) is 3.19. The molecule has 3 aliphatic heterocycles. The molecule has 0 bridgehead atoms. The molecule has 5 nitrogen and oxygen atoms in total. The second-order valence-electron chi connectivity index (χ2n) is 9.00. The molecule has 8 heteroatoms. The van der Waals surface area contributed by atoms with E-state index in [1.54, 1.807) is 0 Å². The van der Waals surface area contributed by atoms with Crippen molar-refractivity contribution in [3.63, 3.8) is 0 Å². The first kappa shape index (κ1) is 21.0. The van der Waals surface area contributed by atoms with Gasteiger partial charge in [0.25, 0.3) is 0 Å². The van der Waals surface area contributed by atoms with Crippen molar-refractivity contribution in [2.75, 3.05) is 26.2 Å². The number of nitrogens with zero attached hydrogens (tertiary/aromatic N) is 4. The molecule has 1 aromatic heterocycles. The molecule has 3 fully saturated rings. The van der Waals surface area contributed by atoms with E-state index in [9.17, 15) is 13.2 Å². The Labute approximate surface area is 180 Å². The van der Waals surface area contributed by atoms with Crippen molar-refractivity contribution in [3.05, 3.63) is 41.2 Å². The normalized spacial score (nSPS) is 26.0. The standard InChI is InChI=1S/C23H29F3N4O/c1-15-19(28(2)21(27-15)16-5-7-17(8-6-16)23(24,25)26)20-22(31-20)30-13-9-18(10-14-30)29-11-3-4-12-29/h5-8,18,20,22H,3-4,9-14H2,1-2H3. The second-order valence-corrected chi connectivity index (χ2v) is 9.00. The highest BCUT2D eigenvalue weighted by molar-refractivity contribution is 5.58. The summed E-state index contributed by atoms with van der Waals surface area (Å²) in [6.45, 7) is 6.53. The fourth-order valence-corrected chi connectivity index (χ4v) is 5.31. The van der Waals surface area contributed by atoms with Gasteiger partial charge in [-0.2, -0.15) is 13.2 Å². The monoisotopic (exact) mass is 434 g/mol. The number of aromatic nitrogens is 2. The average molecular weight is 435 g/mol. The second kappa shape index (κ2) is 7.90. The number of ether oxygens (including phenoxy) is 1. The molecule has 168 valence electrons. The van der Waals surface area contributed by atoms with Gasteiger partial charge < -0.3 is 14.2 Å². The van der Waals surface area contributed by atoms with Gasteiger partial charge in [-0.05, 0) is 57.8 Å². The number of aryl methyl sites for hydroxylation is 1. The van der Waals surface area contributed by atoms with Gasteiger partial charge in [0.1, 0.15) is 18.2 Å². The van der Waals surface area contributed by atoms with Gasteiger partial charge in [0.2, 0.25) is 0 Å². The van der Waals surface area contributed by atoms with Crippen LogP contribution in [-0.4, -0.2) is 57.8 Å². The van der Waals surface area contributed by atoms with Gasteiger partial charge in [0.05, 0.1) is 17.0 Å². The zero-order chi connectivity index (χ0) is 21.8. The lowest BCUT2D eigenvalue weighted by molar-refractivity contribution is -0.137. The highest BCUT2D eigenvalue weighted by Gasteiger charge is 2.48. The van der Waals surface area contributed by atoms with Crippen LogP contribution in [0.25, 0.3) is 11.4 Å². The third kappa shape index (κ3) is 4.01. The van der Waals surface area contributed by atoms with Crippen LogP contribution < -0.4 is 0 Å². The zero-order valence-corrected chi connectivity index (χ0v) is 18.0. The number of likely N-dealkylation sites (tertiary alicyclic amines) is 2. The topological polar surface area (TPSA) is 36.8 Å². The number of benzene rings is 1. The molecule has 4 heterocycles. The molecule has 2 aromatic rings. The molecule has 2 atom stereocenters. The van der Waals surface area contributed by atoms with Crippen molar-refractivity contribution >= 4 is 0 Å². The van der Waals surface area contributed by atoms with E-state index < -0.39 is 11.7 Å². The maximum Gasteiger partial charge on any atom is 0.416 e. The van der Waals surface area contributed by atoms with Crippen LogP contribution in [0.5, 0.6) is 0 Å². The molecule has 5 rings (SSSR count). The molecular weight excluding hydrogens is 405 g/mol. The number of rotatable bonds is 4. The Bertz CT molecular complexity index is 926. The summed E-state index contributed by atoms with van der Waals surface area (Å²) in [5.41, 5.74) is 1.91. The summed E-state index contributed by atoms with van der Waals surface area (Å²) in [4.78, 5) is 9.73. The highest BCUT2D eigenvalue weighted by atomic mass is 19.4. The summed E-state index contributed by atoms with van der Waals surface area (Å²) >= 11 is 0. The van der Waals surface area contributed by atoms with Crippen molar-refractivity contribution in [2.45, 2.75) is 57.2 Å². The summed E-state index contributed by atoms with van der Waals surface area (Å²) in [6.07, 6.45) is 0.752. The third-order valence-corrected chi connectivity index (χ3v) is 7.05. The fraction of sp³-hybridized carbons (Fsp3) is 0.609. The molecule has 31 heavy (non-hydrogen) atoms. The van der Waals surface area contributed by atoms with Gasteiger partial charge >= 0.3 is 6.18 Å². The predicted octanol–water partition coefficient (Wildman–Crippen LogP) is 4.37. The number of alkyl halides is 3. The maximum absolute atomic E-state index is 12.9. The first-order valence-electron chi connectivity index (χ1n) is 11.2.